The number of nitrogens with zero attached hydrogens (tertiary/aromatic N) is 4. The molecular weight excluding hydrogens is 346 g/mol. The van der Waals surface area contributed by atoms with E-state index in [1.807, 2.05) is 6.07 Å². The Balaban J connectivity index is 1.14. The van der Waals surface area contributed by atoms with Gasteiger partial charge in [-0.3, -0.25) is 4.90 Å². The third kappa shape index (κ3) is 4.64. The minimum Gasteiger partial charge on any atom is -0.338 e. The molecule has 3 atom stereocenters. The van der Waals surface area contributed by atoms with E-state index in [0.29, 0.717) is 12.6 Å². The topological polar surface area (TPSA) is 109 Å². The van der Waals surface area contributed by atoms with Crippen LogP contribution in [0.5, 0.6) is 0 Å². The maximum absolute atomic E-state index is 12.2. The first kappa shape index (κ1) is 18.4. The summed E-state index contributed by atoms with van der Waals surface area (Å²) in [5.41, 5.74) is 9.40. The van der Waals surface area contributed by atoms with E-state index in [1.54, 1.807) is 12.4 Å². The van der Waals surface area contributed by atoms with Crippen molar-refractivity contribution in [3.63, 3.8) is 0 Å². The van der Waals surface area contributed by atoms with Gasteiger partial charge in [0.15, 0.2) is 0 Å². The molecule has 0 bridgehead atoms. The number of fused-ring (bicyclic) bond motifs is 1. The lowest BCUT2D eigenvalue weighted by Crippen LogP contribution is -2.57. The Morgan fingerprint density at radius 2 is 1.96 bits per heavy atom. The number of urea groups is 1. The van der Waals surface area contributed by atoms with Gasteiger partial charge in [-0.15, -0.1) is 0 Å². The molecule has 1 saturated carbocycles. The molecule has 3 unspecified atom stereocenters. The van der Waals surface area contributed by atoms with Gasteiger partial charge in [-0.05, 0) is 25.3 Å². The smallest absolute Gasteiger partial charge is 0.315 e. The maximum Gasteiger partial charge on any atom is 0.315 e. The SMILES string of the molecule is O=C(NCCN1CCN(c2ncccn2)CC1)NC1CCCC2NNNC21. The highest BCUT2D eigenvalue weighted by Gasteiger charge is 2.37. The predicted molar refractivity (Wildman–Crippen MR) is 102 cm³/mol. The summed E-state index contributed by atoms with van der Waals surface area (Å²) in [5, 5.41) is 6.12. The molecule has 2 aliphatic heterocycles. The predicted octanol–water partition coefficient (Wildman–Crippen LogP) is -1.20. The zero-order valence-electron chi connectivity index (χ0n) is 15.5. The van der Waals surface area contributed by atoms with Gasteiger partial charge in [0.2, 0.25) is 5.95 Å². The number of carbonyl (C=O) groups excluding carboxylic acids is 1. The fourth-order valence-corrected chi connectivity index (χ4v) is 4.11. The van der Waals surface area contributed by atoms with Crippen molar-refractivity contribution in [3.8, 4) is 0 Å². The Morgan fingerprint density at radius 3 is 2.78 bits per heavy atom. The van der Waals surface area contributed by atoms with Crippen LogP contribution in [-0.2, 0) is 0 Å². The van der Waals surface area contributed by atoms with Gasteiger partial charge in [-0.1, -0.05) is 0 Å². The lowest BCUT2D eigenvalue weighted by Gasteiger charge is -2.35. The number of piperazine rings is 1. The first-order chi connectivity index (χ1) is 13.3. The number of hydrogen-bond donors (Lipinski definition) is 5. The molecule has 1 aromatic rings. The quantitative estimate of drug-likeness (QED) is 0.437. The second-order valence-corrected chi connectivity index (χ2v) is 7.36. The fraction of sp³-hybridized carbons (Fsp3) is 0.706. The van der Waals surface area contributed by atoms with Crippen LogP contribution in [0, 0.1) is 0 Å². The van der Waals surface area contributed by atoms with Crippen LogP contribution in [0.2, 0.25) is 0 Å². The summed E-state index contributed by atoms with van der Waals surface area (Å²) >= 11 is 0. The average Bonchev–Trinajstić information content (AvgIpc) is 3.19. The normalized spacial score (nSPS) is 28.6. The molecule has 0 spiro atoms. The number of anilines is 1. The van der Waals surface area contributed by atoms with E-state index in [4.69, 9.17) is 0 Å². The zero-order valence-corrected chi connectivity index (χ0v) is 15.5. The minimum atomic E-state index is -0.0781. The van der Waals surface area contributed by atoms with Gasteiger partial charge in [0.05, 0.1) is 6.04 Å². The third-order valence-corrected chi connectivity index (χ3v) is 5.63. The highest BCUT2D eigenvalue weighted by Crippen LogP contribution is 2.20. The molecule has 27 heavy (non-hydrogen) atoms. The van der Waals surface area contributed by atoms with Crippen molar-refractivity contribution < 1.29 is 4.79 Å². The number of carbonyl (C=O) groups is 1. The molecule has 0 aromatic carbocycles. The Labute approximate surface area is 159 Å². The summed E-state index contributed by atoms with van der Waals surface area (Å²) < 4.78 is 0. The molecule has 2 saturated heterocycles. The Hall–Kier alpha value is -2.01. The molecule has 1 aromatic heterocycles. The number of rotatable bonds is 5. The van der Waals surface area contributed by atoms with E-state index >= 15 is 0 Å². The van der Waals surface area contributed by atoms with Crippen LogP contribution in [0.3, 0.4) is 0 Å². The summed E-state index contributed by atoms with van der Waals surface area (Å²) in [5.74, 6) is 0.796. The van der Waals surface area contributed by atoms with E-state index in [-0.39, 0.29) is 18.1 Å². The Bertz CT molecular complexity index is 608. The molecule has 1 aliphatic carbocycles. The Morgan fingerprint density at radius 1 is 1.15 bits per heavy atom. The lowest BCUT2D eigenvalue weighted by molar-refractivity contribution is 0.218. The van der Waals surface area contributed by atoms with Crippen molar-refractivity contribution in [2.75, 3.05) is 44.2 Å². The largest absolute Gasteiger partial charge is 0.338 e. The first-order valence-electron chi connectivity index (χ1n) is 9.84. The third-order valence-electron chi connectivity index (χ3n) is 5.63. The van der Waals surface area contributed by atoms with Crippen molar-refractivity contribution >= 4 is 12.0 Å². The highest BCUT2D eigenvalue weighted by molar-refractivity contribution is 5.74. The number of aromatic nitrogens is 2. The molecule has 3 heterocycles. The fourth-order valence-electron chi connectivity index (χ4n) is 4.11. The van der Waals surface area contributed by atoms with E-state index < -0.39 is 0 Å². The van der Waals surface area contributed by atoms with Crippen LogP contribution in [0.4, 0.5) is 10.7 Å². The summed E-state index contributed by atoms with van der Waals surface area (Å²) in [6.07, 6.45) is 6.81. The second-order valence-electron chi connectivity index (χ2n) is 7.36. The maximum atomic E-state index is 12.2. The van der Waals surface area contributed by atoms with Crippen LogP contribution in [-0.4, -0.2) is 78.3 Å². The van der Waals surface area contributed by atoms with Gasteiger partial charge in [-0.2, -0.15) is 5.53 Å². The number of amides is 2. The minimum absolute atomic E-state index is 0.0781. The molecule has 0 radical (unpaired) electrons. The summed E-state index contributed by atoms with van der Waals surface area (Å²) in [7, 11) is 0. The van der Waals surface area contributed by atoms with Crippen LogP contribution in [0.25, 0.3) is 0 Å². The van der Waals surface area contributed by atoms with Crippen molar-refractivity contribution in [3.05, 3.63) is 18.5 Å². The van der Waals surface area contributed by atoms with Crippen LogP contribution in [0.15, 0.2) is 18.5 Å². The van der Waals surface area contributed by atoms with Crippen molar-refractivity contribution in [1.29, 1.82) is 0 Å². The van der Waals surface area contributed by atoms with Gasteiger partial charge in [0, 0.05) is 63.7 Å². The Kier molecular flexibility index (Phi) is 5.97. The van der Waals surface area contributed by atoms with E-state index in [1.165, 1.54) is 0 Å². The molecule has 5 N–H and O–H groups in total. The first-order valence-corrected chi connectivity index (χ1v) is 9.84. The van der Waals surface area contributed by atoms with Crippen LogP contribution in [0.1, 0.15) is 19.3 Å². The number of hydrogen-bond acceptors (Lipinski definition) is 8. The molecule has 2 amide bonds. The lowest BCUT2D eigenvalue weighted by atomic mass is 9.87. The van der Waals surface area contributed by atoms with E-state index in [0.717, 1.165) is 57.9 Å². The summed E-state index contributed by atoms with van der Waals surface area (Å²) in [6.45, 7) is 5.23. The summed E-state index contributed by atoms with van der Waals surface area (Å²) in [6, 6.07) is 2.54. The van der Waals surface area contributed by atoms with Crippen molar-refractivity contribution in [2.45, 2.75) is 37.4 Å². The van der Waals surface area contributed by atoms with Gasteiger partial charge in [0.25, 0.3) is 0 Å². The molecule has 148 valence electrons. The molecule has 4 rings (SSSR count). The van der Waals surface area contributed by atoms with Crippen LogP contribution >= 0.6 is 0 Å². The van der Waals surface area contributed by atoms with Gasteiger partial charge < -0.3 is 15.5 Å². The molecular formula is C17H29N9O. The van der Waals surface area contributed by atoms with Crippen LogP contribution < -0.4 is 31.9 Å². The molecule has 3 aliphatic rings. The number of nitrogens with one attached hydrogen (secondary N) is 5. The standard InChI is InChI=1S/C17H29N9O/c27-17(21-13-3-1-4-14-15(13)23-24-22-14)20-7-8-25-9-11-26(12-10-25)16-18-5-2-6-19-16/h2,5-6,13-15,22-24H,1,3-4,7-12H2,(H2,20,21,27). The summed E-state index contributed by atoms with van der Waals surface area (Å²) in [4.78, 5) is 25.4. The zero-order chi connectivity index (χ0) is 18.5. The molecule has 3 fully saturated rings. The highest BCUT2D eigenvalue weighted by atomic mass is 16.2. The van der Waals surface area contributed by atoms with Gasteiger partial charge in [0.1, 0.15) is 0 Å². The van der Waals surface area contributed by atoms with Crippen molar-refractivity contribution in [2.24, 2.45) is 0 Å². The molecule has 10 heteroatoms. The molecule has 10 nitrogen and oxygen atoms in total. The van der Waals surface area contributed by atoms with E-state index in [9.17, 15) is 4.79 Å². The second kappa shape index (κ2) is 8.79. The van der Waals surface area contributed by atoms with Gasteiger partial charge >= 0.3 is 6.03 Å². The van der Waals surface area contributed by atoms with E-state index in [2.05, 4.69) is 46.8 Å². The van der Waals surface area contributed by atoms with Crippen molar-refractivity contribution in [1.82, 2.24) is 41.9 Å². The monoisotopic (exact) mass is 375 g/mol. The number of hydrazine groups is 2. The average molecular weight is 375 g/mol. The van der Waals surface area contributed by atoms with Gasteiger partial charge in [-0.25, -0.2) is 25.6 Å².